The van der Waals surface area contributed by atoms with Gasteiger partial charge in [0.05, 0.1) is 0 Å². The van der Waals surface area contributed by atoms with Crippen LogP contribution < -0.4 is 4.90 Å². The number of likely N-dealkylation sites (N-methyl/N-ethyl adjacent to an activating group) is 1. The van der Waals surface area contributed by atoms with E-state index in [0.29, 0.717) is 6.04 Å². The third kappa shape index (κ3) is 4.70. The van der Waals surface area contributed by atoms with Crippen molar-refractivity contribution in [1.82, 2.24) is 19.8 Å². The van der Waals surface area contributed by atoms with Gasteiger partial charge in [0.2, 0.25) is 0 Å². The number of nitrogens with zero attached hydrogens (tertiary/aromatic N) is 5. The predicted octanol–water partition coefficient (Wildman–Crippen LogP) is 2.59. The summed E-state index contributed by atoms with van der Waals surface area (Å²) in [4.78, 5) is 16.9. The summed E-state index contributed by atoms with van der Waals surface area (Å²) in [5, 5.41) is 0. The Bertz CT molecular complexity index is 545. The highest BCUT2D eigenvalue weighted by atomic mass is 15.3. The van der Waals surface area contributed by atoms with Gasteiger partial charge in [-0.3, -0.25) is 4.90 Å². The predicted molar refractivity (Wildman–Crippen MR) is 104 cm³/mol. The molecule has 2 aliphatic heterocycles. The molecule has 140 valence electrons. The Hall–Kier alpha value is -1.20. The average Bonchev–Trinajstić information content (AvgIpc) is 2.62. The Balaban J connectivity index is 1.56. The summed E-state index contributed by atoms with van der Waals surface area (Å²) < 4.78 is 0. The molecule has 3 rings (SSSR count). The van der Waals surface area contributed by atoms with Crippen molar-refractivity contribution in [1.29, 1.82) is 0 Å². The van der Waals surface area contributed by atoms with E-state index in [4.69, 9.17) is 4.98 Å². The van der Waals surface area contributed by atoms with Crippen LogP contribution in [0, 0.1) is 12.8 Å². The van der Waals surface area contributed by atoms with Gasteiger partial charge in [-0.25, -0.2) is 9.97 Å². The Morgan fingerprint density at radius 3 is 2.40 bits per heavy atom. The fourth-order valence-electron chi connectivity index (χ4n) is 4.30. The summed E-state index contributed by atoms with van der Waals surface area (Å²) in [5.74, 6) is 2.87. The first kappa shape index (κ1) is 18.6. The molecule has 0 spiro atoms. The zero-order valence-corrected chi connectivity index (χ0v) is 16.5. The smallest absolute Gasteiger partial charge is 0.132 e. The molecule has 2 fully saturated rings. The Morgan fingerprint density at radius 1 is 1.08 bits per heavy atom. The molecule has 0 bridgehead atoms. The van der Waals surface area contributed by atoms with E-state index in [9.17, 15) is 0 Å². The van der Waals surface area contributed by atoms with Crippen molar-refractivity contribution in [2.45, 2.75) is 52.5 Å². The number of piperazine rings is 1. The second-order valence-electron chi connectivity index (χ2n) is 7.92. The maximum absolute atomic E-state index is 4.71. The van der Waals surface area contributed by atoms with E-state index in [1.807, 2.05) is 6.92 Å². The highest BCUT2D eigenvalue weighted by molar-refractivity contribution is 5.40. The average molecular weight is 346 g/mol. The highest BCUT2D eigenvalue weighted by Crippen LogP contribution is 2.27. The lowest BCUT2D eigenvalue weighted by atomic mass is 9.89. The zero-order chi connectivity index (χ0) is 17.8. The van der Waals surface area contributed by atoms with E-state index in [0.717, 1.165) is 43.5 Å². The molecule has 1 atom stereocenters. The van der Waals surface area contributed by atoms with E-state index < -0.39 is 0 Å². The number of anilines is 1. The number of aryl methyl sites for hydroxylation is 2. The van der Waals surface area contributed by atoms with Crippen LogP contribution in [0.15, 0.2) is 6.07 Å². The lowest BCUT2D eigenvalue weighted by Gasteiger charge is -2.43. The third-order valence-corrected chi connectivity index (χ3v) is 6.04. The van der Waals surface area contributed by atoms with Crippen LogP contribution in [0.1, 0.15) is 44.6 Å². The first-order chi connectivity index (χ1) is 12.1. The third-order valence-electron chi connectivity index (χ3n) is 6.04. The number of rotatable bonds is 5. The van der Waals surface area contributed by atoms with Gasteiger partial charge in [0, 0.05) is 57.1 Å². The van der Waals surface area contributed by atoms with Crippen LogP contribution in [0.25, 0.3) is 0 Å². The lowest BCUT2D eigenvalue weighted by Crippen LogP contribution is -2.51. The molecule has 0 saturated carbocycles. The maximum atomic E-state index is 4.71. The summed E-state index contributed by atoms with van der Waals surface area (Å²) in [5.41, 5.74) is 1.19. The highest BCUT2D eigenvalue weighted by Gasteiger charge is 2.29. The maximum Gasteiger partial charge on any atom is 0.132 e. The van der Waals surface area contributed by atoms with Crippen molar-refractivity contribution in [2.75, 3.05) is 51.2 Å². The molecule has 2 saturated heterocycles. The molecule has 0 N–H and O–H groups in total. The first-order valence-corrected chi connectivity index (χ1v) is 10.1. The van der Waals surface area contributed by atoms with Crippen LogP contribution in [0.3, 0.4) is 0 Å². The molecular formula is C20H35N5. The summed E-state index contributed by atoms with van der Waals surface area (Å²) in [6, 6.07) is 2.92. The molecule has 0 aromatic carbocycles. The molecule has 1 aromatic rings. The summed E-state index contributed by atoms with van der Waals surface area (Å²) in [6.45, 7) is 13.8. The monoisotopic (exact) mass is 345 g/mol. The molecule has 0 radical (unpaired) electrons. The van der Waals surface area contributed by atoms with E-state index in [-0.39, 0.29) is 0 Å². The fraction of sp³-hybridized carbons (Fsp3) is 0.800. The normalized spacial score (nSPS) is 22.3. The number of hydrogen-bond donors (Lipinski definition) is 0. The minimum atomic E-state index is 0.707. The molecule has 25 heavy (non-hydrogen) atoms. The number of hydrogen-bond acceptors (Lipinski definition) is 5. The standard InChI is InChI=1S/C20H35N5/c1-5-6-19-15-20(22-17(3)21-19)25-9-7-18(8-10-25)16(2)24-13-11-23(4)12-14-24/h15-16,18H,5-14H2,1-4H3/t16-/m0/s1. The van der Waals surface area contributed by atoms with Gasteiger partial charge in [-0.2, -0.15) is 0 Å². The number of aromatic nitrogens is 2. The van der Waals surface area contributed by atoms with Gasteiger partial charge in [0.15, 0.2) is 0 Å². The van der Waals surface area contributed by atoms with E-state index in [1.54, 1.807) is 0 Å². The van der Waals surface area contributed by atoms with E-state index >= 15 is 0 Å². The summed E-state index contributed by atoms with van der Waals surface area (Å²) >= 11 is 0. The fourth-order valence-corrected chi connectivity index (χ4v) is 4.30. The molecule has 0 unspecified atom stereocenters. The Labute approximate surface area is 153 Å². The largest absolute Gasteiger partial charge is 0.356 e. The molecule has 5 nitrogen and oxygen atoms in total. The summed E-state index contributed by atoms with van der Waals surface area (Å²) in [7, 11) is 2.23. The van der Waals surface area contributed by atoms with Crippen LogP contribution >= 0.6 is 0 Å². The van der Waals surface area contributed by atoms with Gasteiger partial charge in [-0.1, -0.05) is 13.3 Å². The molecular weight excluding hydrogens is 310 g/mol. The van der Waals surface area contributed by atoms with Crippen LogP contribution in [-0.4, -0.2) is 72.1 Å². The Kier molecular flexibility index (Phi) is 6.29. The van der Waals surface area contributed by atoms with Gasteiger partial charge in [-0.05, 0) is 46.1 Å². The Morgan fingerprint density at radius 2 is 1.76 bits per heavy atom. The van der Waals surface area contributed by atoms with Gasteiger partial charge < -0.3 is 9.80 Å². The molecule has 5 heteroatoms. The van der Waals surface area contributed by atoms with Gasteiger partial charge >= 0.3 is 0 Å². The second kappa shape index (κ2) is 8.45. The van der Waals surface area contributed by atoms with Gasteiger partial charge in [0.25, 0.3) is 0 Å². The molecule has 1 aromatic heterocycles. The zero-order valence-electron chi connectivity index (χ0n) is 16.5. The quantitative estimate of drug-likeness (QED) is 0.820. The van der Waals surface area contributed by atoms with Gasteiger partial charge in [-0.15, -0.1) is 0 Å². The lowest BCUT2D eigenvalue weighted by molar-refractivity contribution is 0.0813. The molecule has 2 aliphatic rings. The first-order valence-electron chi connectivity index (χ1n) is 10.1. The van der Waals surface area contributed by atoms with E-state index in [2.05, 4.69) is 46.6 Å². The van der Waals surface area contributed by atoms with Crippen molar-refractivity contribution >= 4 is 5.82 Å². The molecule has 0 aliphatic carbocycles. The van der Waals surface area contributed by atoms with Crippen molar-refractivity contribution in [3.8, 4) is 0 Å². The van der Waals surface area contributed by atoms with Crippen molar-refractivity contribution in [2.24, 2.45) is 5.92 Å². The van der Waals surface area contributed by atoms with Crippen LogP contribution in [0.5, 0.6) is 0 Å². The molecule has 3 heterocycles. The minimum absolute atomic E-state index is 0.707. The SMILES string of the molecule is CCCc1cc(N2CCC([C@H](C)N3CCN(C)CC3)CC2)nc(C)n1. The van der Waals surface area contributed by atoms with E-state index in [1.165, 1.54) is 44.7 Å². The van der Waals surface area contributed by atoms with Crippen molar-refractivity contribution in [3.63, 3.8) is 0 Å². The second-order valence-corrected chi connectivity index (χ2v) is 7.92. The van der Waals surface area contributed by atoms with Crippen LogP contribution in [-0.2, 0) is 6.42 Å². The number of piperidine rings is 1. The van der Waals surface area contributed by atoms with Crippen molar-refractivity contribution in [3.05, 3.63) is 17.6 Å². The van der Waals surface area contributed by atoms with Crippen molar-refractivity contribution < 1.29 is 0 Å². The summed E-state index contributed by atoms with van der Waals surface area (Å²) in [6.07, 6.45) is 4.74. The van der Waals surface area contributed by atoms with Crippen LogP contribution in [0.2, 0.25) is 0 Å². The molecule has 0 amide bonds. The minimum Gasteiger partial charge on any atom is -0.356 e. The topological polar surface area (TPSA) is 35.5 Å². The van der Waals surface area contributed by atoms with Crippen LogP contribution in [0.4, 0.5) is 5.82 Å². The van der Waals surface area contributed by atoms with Gasteiger partial charge in [0.1, 0.15) is 11.6 Å².